The average Bonchev–Trinajstić information content (AvgIpc) is 2.12. The number of pyridine rings is 1. The second-order valence-corrected chi connectivity index (χ2v) is 3.00. The van der Waals surface area contributed by atoms with Crippen LogP contribution in [0.5, 0.6) is 5.75 Å². The number of aromatic nitrogens is 1. The van der Waals surface area contributed by atoms with E-state index in [4.69, 9.17) is 0 Å². The van der Waals surface area contributed by atoms with Crippen molar-refractivity contribution in [3.63, 3.8) is 0 Å². The van der Waals surface area contributed by atoms with Gasteiger partial charge in [0.15, 0.2) is 0 Å². The standard InChI is InChI=1S/C10H9NO2/c1-6-5-11-10(13)9-7(6)3-2-4-8(9)12/h2-5,12H,1H3,(H,11,13). The number of aromatic hydroxyl groups is 1. The molecule has 0 amide bonds. The minimum absolute atomic E-state index is 0.0300. The Kier molecular flexibility index (Phi) is 1.59. The first-order valence-electron chi connectivity index (χ1n) is 4.00. The molecular weight excluding hydrogens is 166 g/mol. The molecule has 0 spiro atoms. The summed E-state index contributed by atoms with van der Waals surface area (Å²) in [5, 5.41) is 10.6. The van der Waals surface area contributed by atoms with E-state index in [2.05, 4.69) is 4.98 Å². The molecule has 0 aliphatic heterocycles. The summed E-state index contributed by atoms with van der Waals surface area (Å²) in [7, 11) is 0. The molecule has 0 fully saturated rings. The number of benzene rings is 1. The summed E-state index contributed by atoms with van der Waals surface area (Å²) >= 11 is 0. The molecular formula is C10H9NO2. The van der Waals surface area contributed by atoms with E-state index in [1.54, 1.807) is 12.3 Å². The number of phenols is 1. The van der Waals surface area contributed by atoms with Gasteiger partial charge in [0.2, 0.25) is 0 Å². The van der Waals surface area contributed by atoms with Crippen molar-refractivity contribution in [3.05, 3.63) is 40.3 Å². The zero-order valence-corrected chi connectivity index (χ0v) is 7.16. The van der Waals surface area contributed by atoms with Gasteiger partial charge >= 0.3 is 0 Å². The second-order valence-electron chi connectivity index (χ2n) is 3.00. The van der Waals surface area contributed by atoms with Crippen LogP contribution >= 0.6 is 0 Å². The average molecular weight is 175 g/mol. The smallest absolute Gasteiger partial charge is 0.259 e. The van der Waals surface area contributed by atoms with E-state index >= 15 is 0 Å². The number of rotatable bonds is 0. The Balaban J connectivity index is 3.09. The number of aryl methyl sites for hydroxylation is 1. The quantitative estimate of drug-likeness (QED) is 0.638. The van der Waals surface area contributed by atoms with E-state index in [0.717, 1.165) is 10.9 Å². The van der Waals surface area contributed by atoms with E-state index in [1.165, 1.54) is 6.07 Å². The molecule has 1 aromatic carbocycles. The molecule has 66 valence electrons. The topological polar surface area (TPSA) is 53.1 Å². The number of hydrogen-bond acceptors (Lipinski definition) is 2. The maximum Gasteiger partial charge on any atom is 0.259 e. The number of fused-ring (bicyclic) bond motifs is 1. The lowest BCUT2D eigenvalue weighted by Crippen LogP contribution is -2.05. The molecule has 0 saturated carbocycles. The van der Waals surface area contributed by atoms with Crippen molar-refractivity contribution in [1.82, 2.24) is 4.98 Å². The number of aromatic amines is 1. The summed E-state index contributed by atoms with van der Waals surface area (Å²) in [4.78, 5) is 13.9. The third-order valence-electron chi connectivity index (χ3n) is 2.11. The van der Waals surface area contributed by atoms with Crippen molar-refractivity contribution in [3.8, 4) is 5.75 Å². The van der Waals surface area contributed by atoms with E-state index in [9.17, 15) is 9.90 Å². The molecule has 1 aromatic heterocycles. The predicted octanol–water partition coefficient (Wildman–Crippen LogP) is 1.54. The monoisotopic (exact) mass is 175 g/mol. The summed E-state index contributed by atoms with van der Waals surface area (Å²) < 4.78 is 0. The highest BCUT2D eigenvalue weighted by molar-refractivity contribution is 5.89. The van der Waals surface area contributed by atoms with Crippen LogP contribution in [0.15, 0.2) is 29.2 Å². The third kappa shape index (κ3) is 1.09. The van der Waals surface area contributed by atoms with Crippen molar-refractivity contribution >= 4 is 10.8 Å². The summed E-state index contributed by atoms with van der Waals surface area (Å²) in [6, 6.07) is 5.06. The van der Waals surface area contributed by atoms with Crippen LogP contribution in [-0.4, -0.2) is 10.1 Å². The van der Waals surface area contributed by atoms with Crippen molar-refractivity contribution in [1.29, 1.82) is 0 Å². The van der Waals surface area contributed by atoms with Gasteiger partial charge < -0.3 is 10.1 Å². The normalized spacial score (nSPS) is 10.5. The Morgan fingerprint density at radius 3 is 2.85 bits per heavy atom. The van der Waals surface area contributed by atoms with E-state index in [-0.39, 0.29) is 11.3 Å². The zero-order valence-electron chi connectivity index (χ0n) is 7.16. The largest absolute Gasteiger partial charge is 0.507 e. The Labute approximate surface area is 74.7 Å². The summed E-state index contributed by atoms with van der Waals surface area (Å²) in [5.74, 6) is 0.0300. The highest BCUT2D eigenvalue weighted by Gasteiger charge is 2.04. The van der Waals surface area contributed by atoms with Crippen LogP contribution in [0, 0.1) is 6.92 Å². The first-order chi connectivity index (χ1) is 6.20. The van der Waals surface area contributed by atoms with E-state index in [1.807, 2.05) is 13.0 Å². The zero-order chi connectivity index (χ0) is 9.42. The van der Waals surface area contributed by atoms with Crippen LogP contribution in [0.3, 0.4) is 0 Å². The van der Waals surface area contributed by atoms with Gasteiger partial charge in [0, 0.05) is 6.20 Å². The van der Waals surface area contributed by atoms with Gasteiger partial charge in [-0.3, -0.25) is 4.79 Å². The molecule has 0 bridgehead atoms. The van der Waals surface area contributed by atoms with Crippen molar-refractivity contribution in [2.24, 2.45) is 0 Å². The Bertz CT molecular complexity index is 514. The molecule has 0 aliphatic rings. The number of hydrogen-bond donors (Lipinski definition) is 2. The number of H-pyrrole nitrogens is 1. The molecule has 3 nitrogen and oxygen atoms in total. The Morgan fingerprint density at radius 2 is 2.15 bits per heavy atom. The van der Waals surface area contributed by atoms with Gasteiger partial charge in [-0.2, -0.15) is 0 Å². The molecule has 0 saturated heterocycles. The molecule has 3 heteroatoms. The molecule has 2 rings (SSSR count). The first kappa shape index (κ1) is 7.86. The highest BCUT2D eigenvalue weighted by atomic mass is 16.3. The van der Waals surface area contributed by atoms with Gasteiger partial charge in [-0.15, -0.1) is 0 Å². The fourth-order valence-corrected chi connectivity index (χ4v) is 1.43. The molecule has 13 heavy (non-hydrogen) atoms. The fourth-order valence-electron chi connectivity index (χ4n) is 1.43. The molecule has 0 unspecified atom stereocenters. The minimum atomic E-state index is -0.251. The van der Waals surface area contributed by atoms with Crippen LogP contribution in [-0.2, 0) is 0 Å². The summed E-state index contributed by atoms with van der Waals surface area (Å²) in [5.41, 5.74) is 0.698. The first-order valence-corrected chi connectivity index (χ1v) is 4.00. The summed E-state index contributed by atoms with van der Waals surface area (Å²) in [6.07, 6.45) is 1.64. The maximum atomic E-state index is 11.3. The Morgan fingerprint density at radius 1 is 1.38 bits per heavy atom. The molecule has 1 heterocycles. The van der Waals surface area contributed by atoms with Crippen molar-refractivity contribution in [2.75, 3.05) is 0 Å². The van der Waals surface area contributed by atoms with Gasteiger partial charge in [0.1, 0.15) is 5.75 Å². The van der Waals surface area contributed by atoms with Gasteiger partial charge in [0.05, 0.1) is 5.39 Å². The predicted molar refractivity (Wildman–Crippen MR) is 51.0 cm³/mol. The van der Waals surface area contributed by atoms with Gasteiger partial charge in [0.25, 0.3) is 5.56 Å². The van der Waals surface area contributed by atoms with Gasteiger partial charge in [-0.1, -0.05) is 12.1 Å². The van der Waals surface area contributed by atoms with Crippen LogP contribution < -0.4 is 5.56 Å². The van der Waals surface area contributed by atoms with E-state index in [0.29, 0.717) is 5.39 Å². The van der Waals surface area contributed by atoms with Crippen molar-refractivity contribution < 1.29 is 5.11 Å². The maximum absolute atomic E-state index is 11.3. The lowest BCUT2D eigenvalue weighted by Gasteiger charge is -2.01. The van der Waals surface area contributed by atoms with Gasteiger partial charge in [-0.05, 0) is 23.9 Å². The molecule has 0 atom stereocenters. The van der Waals surface area contributed by atoms with Crippen LogP contribution in [0.1, 0.15) is 5.56 Å². The van der Waals surface area contributed by atoms with Crippen LogP contribution in [0.4, 0.5) is 0 Å². The Hall–Kier alpha value is -1.77. The SMILES string of the molecule is Cc1c[nH]c(=O)c2c(O)cccc12. The molecule has 0 radical (unpaired) electrons. The molecule has 2 aromatic rings. The van der Waals surface area contributed by atoms with Crippen LogP contribution in [0.25, 0.3) is 10.8 Å². The number of phenolic OH excluding ortho intramolecular Hbond substituents is 1. The lowest BCUT2D eigenvalue weighted by molar-refractivity contribution is 0.481. The second kappa shape index (κ2) is 2.62. The van der Waals surface area contributed by atoms with E-state index < -0.39 is 0 Å². The van der Waals surface area contributed by atoms with Gasteiger partial charge in [-0.25, -0.2) is 0 Å². The number of nitrogens with one attached hydrogen (secondary N) is 1. The van der Waals surface area contributed by atoms with Crippen molar-refractivity contribution in [2.45, 2.75) is 6.92 Å². The lowest BCUT2D eigenvalue weighted by atomic mass is 10.1. The summed E-state index contributed by atoms with van der Waals surface area (Å²) in [6.45, 7) is 1.89. The third-order valence-corrected chi connectivity index (χ3v) is 2.11. The molecule has 0 aliphatic carbocycles. The minimum Gasteiger partial charge on any atom is -0.507 e. The molecule has 2 N–H and O–H groups in total. The fraction of sp³-hybridized carbons (Fsp3) is 0.100. The van der Waals surface area contributed by atoms with Crippen LogP contribution in [0.2, 0.25) is 0 Å². The highest BCUT2D eigenvalue weighted by Crippen LogP contribution is 2.22.